The first-order chi connectivity index (χ1) is 8.11. The summed E-state index contributed by atoms with van der Waals surface area (Å²) in [4.78, 5) is 27.7. The van der Waals surface area contributed by atoms with Crippen molar-refractivity contribution in [1.82, 2.24) is 4.98 Å². The number of aromatic carboxylic acids is 1. The molecule has 1 aliphatic rings. The Morgan fingerprint density at radius 2 is 2.35 bits per heavy atom. The van der Waals surface area contributed by atoms with Gasteiger partial charge < -0.3 is 10.0 Å². The number of aromatic nitrogens is 1. The Morgan fingerprint density at radius 1 is 1.59 bits per heavy atom. The molecule has 1 atom stereocenters. The molecular weight excluding hydrogens is 220 g/mol. The van der Waals surface area contributed by atoms with E-state index in [9.17, 15) is 9.59 Å². The molecule has 1 aromatic heterocycles. The minimum Gasteiger partial charge on any atom is -0.477 e. The number of nitrogens with zero attached hydrogens (tertiary/aromatic N) is 2. The summed E-state index contributed by atoms with van der Waals surface area (Å²) >= 11 is 0. The molecule has 5 nitrogen and oxygen atoms in total. The number of amides is 1. The maximum Gasteiger partial charge on any atom is 0.354 e. The minimum atomic E-state index is -1.08. The van der Waals surface area contributed by atoms with Crippen LogP contribution in [0.25, 0.3) is 0 Å². The summed E-state index contributed by atoms with van der Waals surface area (Å²) in [5.74, 6) is -0.908. The molecule has 1 fully saturated rings. The molecule has 0 aromatic carbocycles. The number of carboxylic acids is 1. The highest BCUT2D eigenvalue weighted by Gasteiger charge is 2.28. The van der Waals surface area contributed by atoms with Crippen LogP contribution in [0.1, 0.15) is 16.9 Å². The summed E-state index contributed by atoms with van der Waals surface area (Å²) in [7, 11) is 0. The molecule has 88 valence electrons. The van der Waals surface area contributed by atoms with Crippen molar-refractivity contribution in [1.29, 1.82) is 0 Å². The van der Waals surface area contributed by atoms with Gasteiger partial charge in [0, 0.05) is 18.9 Å². The fraction of sp³-hybridized carbons (Fsp3) is 0.250. The summed E-state index contributed by atoms with van der Waals surface area (Å²) in [6.07, 6.45) is 3.62. The van der Waals surface area contributed by atoms with Crippen molar-refractivity contribution in [3.8, 4) is 0 Å². The highest BCUT2D eigenvalue weighted by Crippen LogP contribution is 2.24. The van der Waals surface area contributed by atoms with Gasteiger partial charge in [0.25, 0.3) is 0 Å². The van der Waals surface area contributed by atoms with Gasteiger partial charge in [-0.05, 0) is 12.1 Å². The van der Waals surface area contributed by atoms with E-state index in [2.05, 4.69) is 11.6 Å². The van der Waals surface area contributed by atoms with Crippen LogP contribution in [0.2, 0.25) is 0 Å². The van der Waals surface area contributed by atoms with Gasteiger partial charge >= 0.3 is 5.97 Å². The van der Waals surface area contributed by atoms with Gasteiger partial charge in [-0.15, -0.1) is 6.58 Å². The predicted molar refractivity (Wildman–Crippen MR) is 61.9 cm³/mol. The highest BCUT2D eigenvalue weighted by molar-refractivity contribution is 5.96. The summed E-state index contributed by atoms with van der Waals surface area (Å²) in [6, 6.07) is 2.99. The van der Waals surface area contributed by atoms with Gasteiger partial charge in [0.05, 0.1) is 11.9 Å². The number of pyridine rings is 1. The maximum atomic E-state index is 11.7. The lowest BCUT2D eigenvalue weighted by molar-refractivity contribution is -0.117. The van der Waals surface area contributed by atoms with E-state index in [-0.39, 0.29) is 17.5 Å². The van der Waals surface area contributed by atoms with Crippen LogP contribution in [0.5, 0.6) is 0 Å². The molecule has 1 aliphatic heterocycles. The molecular formula is C12H12N2O3. The van der Waals surface area contributed by atoms with Gasteiger partial charge in [-0.1, -0.05) is 6.08 Å². The molecule has 1 aromatic rings. The molecule has 5 heteroatoms. The molecule has 17 heavy (non-hydrogen) atoms. The van der Waals surface area contributed by atoms with Crippen LogP contribution < -0.4 is 4.90 Å². The Balaban J connectivity index is 2.20. The topological polar surface area (TPSA) is 70.5 Å². The van der Waals surface area contributed by atoms with Crippen molar-refractivity contribution < 1.29 is 14.7 Å². The molecule has 1 unspecified atom stereocenters. The van der Waals surface area contributed by atoms with Crippen LogP contribution in [0.3, 0.4) is 0 Å². The largest absolute Gasteiger partial charge is 0.477 e. The maximum absolute atomic E-state index is 11.7. The van der Waals surface area contributed by atoms with E-state index in [0.29, 0.717) is 18.7 Å². The second kappa shape index (κ2) is 4.37. The fourth-order valence-electron chi connectivity index (χ4n) is 1.81. The lowest BCUT2D eigenvalue weighted by Gasteiger charge is -2.15. The molecule has 0 spiro atoms. The monoisotopic (exact) mass is 232 g/mol. The summed E-state index contributed by atoms with van der Waals surface area (Å²) < 4.78 is 0. The Bertz CT molecular complexity index is 467. The lowest BCUT2D eigenvalue weighted by Crippen LogP contribution is -2.24. The molecule has 1 saturated heterocycles. The summed E-state index contributed by atoms with van der Waals surface area (Å²) in [5.41, 5.74) is 0.602. The zero-order valence-electron chi connectivity index (χ0n) is 9.17. The summed E-state index contributed by atoms with van der Waals surface area (Å²) in [5, 5.41) is 8.72. The van der Waals surface area contributed by atoms with Crippen LogP contribution >= 0.6 is 0 Å². The Labute approximate surface area is 98.4 Å². The molecule has 2 heterocycles. The highest BCUT2D eigenvalue weighted by atomic mass is 16.4. The second-order valence-electron chi connectivity index (χ2n) is 3.91. The summed E-state index contributed by atoms with van der Waals surface area (Å²) in [6.45, 7) is 4.25. The number of carbonyl (C=O) groups excluding carboxylic acids is 1. The van der Waals surface area contributed by atoms with Crippen LogP contribution in [-0.4, -0.2) is 28.5 Å². The number of hydrogen-bond donors (Lipinski definition) is 1. The van der Waals surface area contributed by atoms with Crippen molar-refractivity contribution in [2.24, 2.45) is 5.92 Å². The van der Waals surface area contributed by atoms with Crippen molar-refractivity contribution in [3.63, 3.8) is 0 Å². The van der Waals surface area contributed by atoms with Gasteiger partial charge in [-0.2, -0.15) is 0 Å². The van der Waals surface area contributed by atoms with E-state index < -0.39 is 5.97 Å². The number of carbonyl (C=O) groups is 2. The molecule has 0 radical (unpaired) electrons. The second-order valence-corrected chi connectivity index (χ2v) is 3.91. The Hall–Kier alpha value is -2.17. The van der Waals surface area contributed by atoms with Crippen molar-refractivity contribution in [2.45, 2.75) is 6.42 Å². The van der Waals surface area contributed by atoms with Gasteiger partial charge in [0.15, 0.2) is 0 Å². The average Bonchev–Trinajstić information content (AvgIpc) is 2.71. The molecule has 0 bridgehead atoms. The van der Waals surface area contributed by atoms with Crippen molar-refractivity contribution >= 4 is 17.6 Å². The SMILES string of the molecule is C=CC1CC(=O)N(c2ccc(C(=O)O)nc2)C1. The first-order valence-corrected chi connectivity index (χ1v) is 5.24. The van der Waals surface area contributed by atoms with E-state index in [0.717, 1.165) is 0 Å². The Kier molecular flexibility index (Phi) is 2.91. The number of anilines is 1. The average molecular weight is 232 g/mol. The van der Waals surface area contributed by atoms with Gasteiger partial charge in [-0.25, -0.2) is 9.78 Å². The Morgan fingerprint density at radius 3 is 2.82 bits per heavy atom. The third-order valence-corrected chi connectivity index (χ3v) is 2.77. The molecule has 0 aliphatic carbocycles. The molecule has 2 rings (SSSR count). The van der Waals surface area contributed by atoms with Crippen molar-refractivity contribution in [2.75, 3.05) is 11.4 Å². The number of rotatable bonds is 3. The third-order valence-electron chi connectivity index (χ3n) is 2.77. The van der Waals surface area contributed by atoms with E-state index in [4.69, 9.17) is 5.11 Å². The van der Waals surface area contributed by atoms with Crippen LogP contribution in [0.4, 0.5) is 5.69 Å². The zero-order chi connectivity index (χ0) is 12.4. The van der Waals surface area contributed by atoms with Crippen molar-refractivity contribution in [3.05, 3.63) is 36.7 Å². The fourth-order valence-corrected chi connectivity index (χ4v) is 1.81. The van der Waals surface area contributed by atoms with E-state index in [1.165, 1.54) is 12.3 Å². The third kappa shape index (κ3) is 2.18. The molecule has 1 amide bonds. The van der Waals surface area contributed by atoms with E-state index in [1.807, 2.05) is 0 Å². The first kappa shape index (κ1) is 11.3. The van der Waals surface area contributed by atoms with Crippen LogP contribution in [0, 0.1) is 5.92 Å². The van der Waals surface area contributed by atoms with Gasteiger partial charge in [0.2, 0.25) is 5.91 Å². The smallest absolute Gasteiger partial charge is 0.354 e. The lowest BCUT2D eigenvalue weighted by atomic mass is 10.1. The minimum absolute atomic E-state index is 0.0137. The standard InChI is InChI=1S/C12H12N2O3/c1-2-8-5-11(15)14(7-8)9-3-4-10(12(16)17)13-6-9/h2-4,6,8H,1,5,7H2,(H,16,17). The van der Waals surface area contributed by atoms with Crippen LogP contribution in [0.15, 0.2) is 31.0 Å². The zero-order valence-corrected chi connectivity index (χ0v) is 9.17. The molecule has 0 saturated carbocycles. The number of hydrogen-bond acceptors (Lipinski definition) is 3. The quantitative estimate of drug-likeness (QED) is 0.798. The van der Waals surface area contributed by atoms with Gasteiger partial charge in [0.1, 0.15) is 5.69 Å². The molecule has 1 N–H and O–H groups in total. The van der Waals surface area contributed by atoms with E-state index in [1.54, 1.807) is 17.0 Å². The normalized spacial score (nSPS) is 19.4. The first-order valence-electron chi connectivity index (χ1n) is 5.24. The van der Waals surface area contributed by atoms with Crippen LogP contribution in [-0.2, 0) is 4.79 Å². The number of carboxylic acid groups (broad SMARTS) is 1. The predicted octanol–water partition coefficient (Wildman–Crippen LogP) is 1.32. The van der Waals surface area contributed by atoms with Gasteiger partial charge in [-0.3, -0.25) is 4.79 Å². The van der Waals surface area contributed by atoms with E-state index >= 15 is 0 Å².